The summed E-state index contributed by atoms with van der Waals surface area (Å²) in [6, 6.07) is 12.3. The van der Waals surface area contributed by atoms with E-state index < -0.39 is 35.5 Å². The molecule has 4 rings (SSSR count). The van der Waals surface area contributed by atoms with Crippen molar-refractivity contribution in [3.63, 3.8) is 0 Å². The van der Waals surface area contributed by atoms with Crippen LogP contribution in [0.5, 0.6) is 0 Å². The maximum absolute atomic E-state index is 13.9. The minimum absolute atomic E-state index is 0.0639. The molecule has 0 bridgehead atoms. The van der Waals surface area contributed by atoms with Crippen LogP contribution < -0.4 is 10.9 Å². The Kier molecular flexibility index (Phi) is 9.39. The molecule has 1 fully saturated rings. The van der Waals surface area contributed by atoms with Crippen molar-refractivity contribution in [1.82, 2.24) is 19.6 Å². The molecule has 13 heteroatoms. The molecule has 2 atom stereocenters. The van der Waals surface area contributed by atoms with Crippen molar-refractivity contribution in [2.24, 2.45) is 0 Å². The van der Waals surface area contributed by atoms with Gasteiger partial charge in [-0.2, -0.15) is 10.4 Å². The molecule has 3 aromatic rings. The van der Waals surface area contributed by atoms with Gasteiger partial charge < -0.3 is 15.0 Å². The van der Waals surface area contributed by atoms with Gasteiger partial charge in [-0.1, -0.05) is 17.7 Å². The van der Waals surface area contributed by atoms with Crippen molar-refractivity contribution in [2.75, 3.05) is 18.4 Å². The summed E-state index contributed by atoms with van der Waals surface area (Å²) in [6.07, 6.45) is -0.458. The van der Waals surface area contributed by atoms with Crippen LogP contribution in [0.2, 0.25) is 5.02 Å². The maximum Gasteiger partial charge on any atom is 0.410 e. The third-order valence-corrected chi connectivity index (χ3v) is 7.09. The van der Waals surface area contributed by atoms with Crippen molar-refractivity contribution in [3.05, 3.63) is 80.9 Å². The minimum Gasteiger partial charge on any atom is -0.444 e. The third kappa shape index (κ3) is 7.60. The number of piperazine rings is 1. The molecule has 0 radical (unpaired) electrons. The van der Waals surface area contributed by atoms with Gasteiger partial charge in [-0.3, -0.25) is 19.3 Å². The molecule has 0 saturated carbocycles. The first-order chi connectivity index (χ1) is 20.6. The molecular weight excluding hydrogens is 591 g/mol. The van der Waals surface area contributed by atoms with Gasteiger partial charge in [0.25, 0.3) is 11.5 Å². The van der Waals surface area contributed by atoms with Gasteiger partial charge in [0, 0.05) is 36.0 Å². The molecule has 11 nitrogen and oxygen atoms in total. The Morgan fingerprint density at radius 2 is 1.77 bits per heavy atom. The molecule has 230 valence electrons. The molecule has 2 heterocycles. The first kappa shape index (κ1) is 32.2. The average Bonchev–Trinajstić information content (AvgIpc) is 2.93. The smallest absolute Gasteiger partial charge is 0.410 e. The topological polar surface area (TPSA) is 138 Å². The fraction of sp³-hybridized carbons (Fsp3) is 0.355. The Bertz CT molecular complexity index is 1700. The molecule has 1 N–H and O–H groups in total. The molecule has 0 unspecified atom stereocenters. The lowest BCUT2D eigenvalue weighted by Gasteiger charge is -2.44. The second kappa shape index (κ2) is 12.9. The molecule has 0 spiro atoms. The van der Waals surface area contributed by atoms with Gasteiger partial charge in [-0.05, 0) is 71.0 Å². The van der Waals surface area contributed by atoms with Crippen LogP contribution in [0.4, 0.5) is 14.9 Å². The summed E-state index contributed by atoms with van der Waals surface area (Å²) >= 11 is 5.75. The summed E-state index contributed by atoms with van der Waals surface area (Å²) in [5, 5.41) is 16.3. The first-order valence-electron chi connectivity index (χ1n) is 13.8. The highest BCUT2D eigenvalue weighted by atomic mass is 35.5. The van der Waals surface area contributed by atoms with Crippen LogP contribution in [0.25, 0.3) is 11.3 Å². The lowest BCUT2D eigenvalue weighted by molar-refractivity contribution is -0.117. The number of benzene rings is 2. The van der Waals surface area contributed by atoms with Gasteiger partial charge in [0.2, 0.25) is 5.91 Å². The van der Waals surface area contributed by atoms with Gasteiger partial charge in [-0.25, -0.2) is 13.9 Å². The highest BCUT2D eigenvalue weighted by molar-refractivity contribution is 6.30. The second-order valence-corrected chi connectivity index (χ2v) is 12.0. The van der Waals surface area contributed by atoms with Crippen molar-refractivity contribution < 1.29 is 23.5 Å². The summed E-state index contributed by atoms with van der Waals surface area (Å²) in [5.41, 5.74) is -0.119. The van der Waals surface area contributed by atoms with Crippen LogP contribution in [0.3, 0.4) is 0 Å². The van der Waals surface area contributed by atoms with E-state index in [1.54, 1.807) is 30.6 Å². The summed E-state index contributed by atoms with van der Waals surface area (Å²) in [4.78, 5) is 54.8. The summed E-state index contributed by atoms with van der Waals surface area (Å²) in [5.74, 6) is -1.67. The number of amides is 3. The van der Waals surface area contributed by atoms with Gasteiger partial charge in [0.05, 0.1) is 34.4 Å². The van der Waals surface area contributed by atoms with Crippen LogP contribution in [-0.4, -0.2) is 68.3 Å². The van der Waals surface area contributed by atoms with Crippen LogP contribution in [0, 0.1) is 17.1 Å². The number of nitrogens with one attached hydrogen (secondary N) is 1. The fourth-order valence-electron chi connectivity index (χ4n) is 4.94. The zero-order valence-electron chi connectivity index (χ0n) is 24.9. The molecule has 3 amide bonds. The van der Waals surface area contributed by atoms with Crippen LogP contribution >= 0.6 is 11.6 Å². The summed E-state index contributed by atoms with van der Waals surface area (Å²) in [7, 11) is 0. The summed E-state index contributed by atoms with van der Waals surface area (Å²) in [6.45, 7) is 9.00. The monoisotopic (exact) mass is 622 g/mol. The third-order valence-electron chi connectivity index (χ3n) is 6.78. The molecule has 1 aliphatic heterocycles. The van der Waals surface area contributed by atoms with Gasteiger partial charge in [0.1, 0.15) is 18.0 Å². The number of ether oxygens (including phenoxy) is 1. The number of rotatable bonds is 5. The van der Waals surface area contributed by atoms with E-state index in [0.717, 1.165) is 4.68 Å². The second-order valence-electron chi connectivity index (χ2n) is 11.6. The first-order valence-corrected chi connectivity index (χ1v) is 14.2. The Morgan fingerprint density at radius 3 is 2.39 bits per heavy atom. The van der Waals surface area contributed by atoms with E-state index in [2.05, 4.69) is 10.4 Å². The van der Waals surface area contributed by atoms with Crippen LogP contribution in [0.1, 0.15) is 50.5 Å². The molecule has 2 aromatic carbocycles. The number of carbonyl (C=O) groups excluding carboxylic acids is 3. The van der Waals surface area contributed by atoms with Crippen molar-refractivity contribution in [2.45, 2.75) is 58.8 Å². The fourth-order valence-corrected chi connectivity index (χ4v) is 5.06. The van der Waals surface area contributed by atoms with E-state index in [0.29, 0.717) is 5.56 Å². The quantitative estimate of drug-likeness (QED) is 0.436. The van der Waals surface area contributed by atoms with E-state index in [9.17, 15) is 28.8 Å². The number of carbonyl (C=O) groups is 3. The number of nitrogens with zero attached hydrogens (tertiary/aromatic N) is 5. The molecule has 0 aliphatic carbocycles. The lowest BCUT2D eigenvalue weighted by atomic mass is 10.0. The van der Waals surface area contributed by atoms with Gasteiger partial charge in [0.15, 0.2) is 0 Å². The normalized spacial score (nSPS) is 16.7. The maximum atomic E-state index is 13.9. The Morgan fingerprint density at radius 1 is 1.09 bits per heavy atom. The zero-order valence-corrected chi connectivity index (χ0v) is 25.7. The Hall–Kier alpha value is -4.76. The zero-order chi connectivity index (χ0) is 32.3. The molecule has 44 heavy (non-hydrogen) atoms. The van der Waals surface area contributed by atoms with E-state index in [1.165, 1.54) is 48.5 Å². The van der Waals surface area contributed by atoms with Crippen molar-refractivity contribution >= 4 is 35.2 Å². The summed E-state index contributed by atoms with van der Waals surface area (Å²) < 4.78 is 20.4. The molecule has 1 saturated heterocycles. The van der Waals surface area contributed by atoms with Gasteiger partial charge >= 0.3 is 6.09 Å². The number of halogens is 2. The van der Waals surface area contributed by atoms with E-state index in [4.69, 9.17) is 16.3 Å². The Labute approximate surface area is 258 Å². The number of aromatic nitrogens is 2. The lowest BCUT2D eigenvalue weighted by Crippen LogP contribution is -2.60. The van der Waals surface area contributed by atoms with E-state index in [1.807, 2.05) is 19.9 Å². The standard InChI is InChI=1S/C31H32ClFN6O5/c1-18-15-37(16-19(2)39(18)30(43)44-31(3,4)5)29(42)22-10-20(14-34)11-23(12-22)35-27(40)17-38-28(41)9-8-26(36-38)21-6-7-24(32)25(33)13-21/h6-13,18-19H,15-17H2,1-5H3,(H,35,40)/t18-,19-/m0/s1. The van der Waals surface area contributed by atoms with Gasteiger partial charge in [-0.15, -0.1) is 0 Å². The average molecular weight is 623 g/mol. The van der Waals surface area contributed by atoms with E-state index in [-0.39, 0.29) is 58.6 Å². The SMILES string of the molecule is C[C@H]1CN(C(=O)c2cc(C#N)cc(NC(=O)Cn3nc(-c4ccc(Cl)c(F)c4)ccc3=O)c2)C[C@H](C)N1C(=O)OC(C)(C)C. The highest BCUT2D eigenvalue weighted by Gasteiger charge is 2.37. The van der Waals surface area contributed by atoms with Crippen LogP contribution in [-0.2, 0) is 16.1 Å². The predicted molar refractivity (Wildman–Crippen MR) is 162 cm³/mol. The van der Waals surface area contributed by atoms with Crippen LogP contribution in [0.15, 0.2) is 53.3 Å². The molecular formula is C31H32ClFN6O5. The highest BCUT2D eigenvalue weighted by Crippen LogP contribution is 2.24. The van der Waals surface area contributed by atoms with E-state index >= 15 is 0 Å². The predicted octanol–water partition coefficient (Wildman–Crippen LogP) is 4.68. The molecule has 1 aromatic heterocycles. The number of hydrogen-bond donors (Lipinski definition) is 1. The van der Waals surface area contributed by atoms with Crippen molar-refractivity contribution in [3.8, 4) is 17.3 Å². The number of nitriles is 1. The largest absolute Gasteiger partial charge is 0.444 e. The Balaban J connectivity index is 1.49. The minimum atomic E-state index is -0.662. The number of anilines is 1. The van der Waals surface area contributed by atoms with Crippen molar-refractivity contribution in [1.29, 1.82) is 5.26 Å². The molecule has 1 aliphatic rings. The number of hydrogen-bond acceptors (Lipinski definition) is 7.